The number of benzene rings is 3. The SMILES string of the molecule is C#Cc1cccc(NC2=Nc3cc([N+](=O)[O-])ccc3NC2(N)c2cccc(C#C)c2)c1. The number of aliphatic imine (C=N–C) groups is 1. The number of amidine groups is 1. The Morgan fingerprint density at radius 2 is 1.74 bits per heavy atom. The topological polar surface area (TPSA) is 106 Å². The minimum atomic E-state index is -1.28. The first-order valence-corrected chi connectivity index (χ1v) is 9.28. The van der Waals surface area contributed by atoms with E-state index >= 15 is 0 Å². The molecule has 0 aromatic heterocycles. The van der Waals surface area contributed by atoms with Crippen LogP contribution in [0.4, 0.5) is 22.7 Å². The smallest absolute Gasteiger partial charge is 0.271 e. The molecule has 7 nitrogen and oxygen atoms in total. The fraction of sp³-hybridized carbons (Fsp3) is 0.0417. The van der Waals surface area contributed by atoms with Crippen LogP contribution < -0.4 is 16.4 Å². The number of nitrogens with zero attached hydrogens (tertiary/aromatic N) is 2. The molecule has 1 atom stereocenters. The van der Waals surface area contributed by atoms with Crippen LogP contribution in [0.5, 0.6) is 0 Å². The number of nitro benzene ring substituents is 1. The number of fused-ring (bicyclic) bond motifs is 1. The summed E-state index contributed by atoms with van der Waals surface area (Å²) in [4.78, 5) is 15.4. The van der Waals surface area contributed by atoms with Crippen molar-refractivity contribution in [3.8, 4) is 24.7 Å². The fourth-order valence-corrected chi connectivity index (χ4v) is 3.33. The lowest BCUT2D eigenvalue weighted by atomic mass is 9.94. The number of rotatable bonds is 3. The molecule has 0 saturated heterocycles. The van der Waals surface area contributed by atoms with Crippen LogP contribution in [0.25, 0.3) is 0 Å². The van der Waals surface area contributed by atoms with Crippen LogP contribution in [0, 0.1) is 34.8 Å². The van der Waals surface area contributed by atoms with Gasteiger partial charge in [0.05, 0.1) is 16.3 Å². The van der Waals surface area contributed by atoms with Gasteiger partial charge in [-0.15, -0.1) is 12.8 Å². The van der Waals surface area contributed by atoms with Crippen molar-refractivity contribution in [3.05, 3.63) is 93.5 Å². The Bertz CT molecular complexity index is 1320. The van der Waals surface area contributed by atoms with Gasteiger partial charge in [0.2, 0.25) is 0 Å². The minimum absolute atomic E-state index is 0.0724. The maximum Gasteiger partial charge on any atom is 0.271 e. The molecule has 4 rings (SSSR count). The summed E-state index contributed by atoms with van der Waals surface area (Å²) < 4.78 is 0. The summed E-state index contributed by atoms with van der Waals surface area (Å²) in [6.07, 6.45) is 11.1. The van der Waals surface area contributed by atoms with Gasteiger partial charge in [0.15, 0.2) is 11.5 Å². The zero-order valence-corrected chi connectivity index (χ0v) is 16.3. The number of nitrogens with two attached hydrogens (primary N) is 1. The van der Waals surface area contributed by atoms with E-state index in [1.54, 1.807) is 30.3 Å². The molecule has 0 fully saturated rings. The first-order chi connectivity index (χ1) is 14.9. The molecule has 0 saturated carbocycles. The Labute approximate surface area is 179 Å². The van der Waals surface area contributed by atoms with Gasteiger partial charge in [0.25, 0.3) is 5.69 Å². The summed E-state index contributed by atoms with van der Waals surface area (Å²) in [5, 5.41) is 17.7. The molecular weight excluding hydrogens is 390 g/mol. The number of anilines is 2. The van der Waals surface area contributed by atoms with E-state index in [0.29, 0.717) is 39.6 Å². The second-order valence-corrected chi connectivity index (χ2v) is 6.93. The van der Waals surface area contributed by atoms with E-state index in [1.165, 1.54) is 12.1 Å². The number of hydrogen-bond donors (Lipinski definition) is 3. The number of non-ortho nitro benzene ring substituents is 1. The molecule has 0 bridgehead atoms. The number of hydrogen-bond acceptors (Lipinski definition) is 6. The Hall–Kier alpha value is -4.59. The van der Waals surface area contributed by atoms with Crippen LogP contribution in [0.15, 0.2) is 71.7 Å². The molecule has 1 aliphatic rings. The van der Waals surface area contributed by atoms with Crippen molar-refractivity contribution in [1.82, 2.24) is 0 Å². The molecule has 1 aliphatic heterocycles. The van der Waals surface area contributed by atoms with Gasteiger partial charge in [0, 0.05) is 34.5 Å². The highest BCUT2D eigenvalue weighted by atomic mass is 16.6. The highest BCUT2D eigenvalue weighted by molar-refractivity contribution is 6.08. The summed E-state index contributed by atoms with van der Waals surface area (Å²) in [5.74, 6) is 5.52. The van der Waals surface area contributed by atoms with Crippen molar-refractivity contribution in [2.24, 2.45) is 10.7 Å². The van der Waals surface area contributed by atoms with Crippen molar-refractivity contribution in [2.45, 2.75) is 5.66 Å². The molecule has 0 spiro atoms. The van der Waals surface area contributed by atoms with E-state index in [4.69, 9.17) is 18.6 Å². The average Bonchev–Trinajstić information content (AvgIpc) is 2.79. The Morgan fingerprint density at radius 1 is 1.03 bits per heavy atom. The first kappa shape index (κ1) is 19.7. The maximum absolute atomic E-state index is 11.2. The van der Waals surface area contributed by atoms with Gasteiger partial charge in [-0.05, 0) is 36.4 Å². The van der Waals surface area contributed by atoms with Crippen LogP contribution >= 0.6 is 0 Å². The van der Waals surface area contributed by atoms with Crippen LogP contribution in [-0.4, -0.2) is 10.8 Å². The Morgan fingerprint density at radius 3 is 2.45 bits per heavy atom. The zero-order chi connectivity index (χ0) is 22.0. The molecule has 1 unspecified atom stereocenters. The number of nitro groups is 1. The molecule has 3 aromatic rings. The predicted molar refractivity (Wildman–Crippen MR) is 122 cm³/mol. The summed E-state index contributed by atoms with van der Waals surface area (Å²) in [6.45, 7) is 0. The molecule has 0 amide bonds. The van der Waals surface area contributed by atoms with E-state index in [2.05, 4.69) is 27.5 Å². The van der Waals surface area contributed by atoms with Crippen LogP contribution in [0.1, 0.15) is 16.7 Å². The largest absolute Gasteiger partial charge is 0.356 e. The van der Waals surface area contributed by atoms with Crippen molar-refractivity contribution < 1.29 is 4.92 Å². The van der Waals surface area contributed by atoms with Gasteiger partial charge in [-0.25, -0.2) is 4.99 Å². The normalized spacial score (nSPS) is 16.7. The molecule has 0 radical (unpaired) electrons. The highest BCUT2D eigenvalue weighted by Crippen LogP contribution is 2.38. The third kappa shape index (κ3) is 3.69. The second kappa shape index (κ2) is 7.68. The molecule has 7 heteroatoms. The lowest BCUT2D eigenvalue weighted by molar-refractivity contribution is -0.384. The van der Waals surface area contributed by atoms with Crippen LogP contribution in [0.3, 0.4) is 0 Å². The quantitative estimate of drug-likeness (QED) is 0.346. The lowest BCUT2D eigenvalue weighted by Crippen LogP contribution is -2.55. The van der Waals surface area contributed by atoms with Crippen molar-refractivity contribution in [2.75, 3.05) is 10.6 Å². The predicted octanol–water partition coefficient (Wildman–Crippen LogP) is 3.94. The van der Waals surface area contributed by atoms with Crippen molar-refractivity contribution >= 4 is 28.6 Å². The monoisotopic (exact) mass is 407 g/mol. The van der Waals surface area contributed by atoms with E-state index in [0.717, 1.165) is 0 Å². The van der Waals surface area contributed by atoms with Gasteiger partial charge in [0.1, 0.15) is 0 Å². The van der Waals surface area contributed by atoms with E-state index < -0.39 is 10.6 Å². The molecule has 4 N–H and O–H groups in total. The van der Waals surface area contributed by atoms with Crippen LogP contribution in [0.2, 0.25) is 0 Å². The molecule has 150 valence electrons. The summed E-state index contributed by atoms with van der Waals surface area (Å²) in [5.41, 5.74) is 9.12. The van der Waals surface area contributed by atoms with Gasteiger partial charge >= 0.3 is 0 Å². The standard InChI is InChI=1S/C24H17N5O2/c1-3-16-7-5-9-18(13-16)24(25)23(26-19-10-6-8-17(4-2)14-19)27-22-15-20(29(30)31)11-12-21(22)28-24/h1-2,5-15,28H,25H2,(H,26,27). The van der Waals surface area contributed by atoms with E-state index in [-0.39, 0.29) is 5.69 Å². The highest BCUT2D eigenvalue weighted by Gasteiger charge is 2.38. The Balaban J connectivity index is 1.86. The molecule has 0 aliphatic carbocycles. The second-order valence-electron chi connectivity index (χ2n) is 6.93. The minimum Gasteiger partial charge on any atom is -0.356 e. The average molecular weight is 407 g/mol. The van der Waals surface area contributed by atoms with Crippen LogP contribution in [-0.2, 0) is 5.66 Å². The van der Waals surface area contributed by atoms with E-state index in [1.807, 2.05) is 24.3 Å². The Kier molecular flexibility index (Phi) is 4.88. The summed E-state index contributed by atoms with van der Waals surface area (Å²) in [6, 6.07) is 18.8. The molecule has 1 heterocycles. The van der Waals surface area contributed by atoms with Gasteiger partial charge in [-0.3, -0.25) is 15.8 Å². The van der Waals surface area contributed by atoms with Crippen molar-refractivity contribution in [1.29, 1.82) is 0 Å². The fourth-order valence-electron chi connectivity index (χ4n) is 3.33. The summed E-state index contributed by atoms with van der Waals surface area (Å²) in [7, 11) is 0. The van der Waals surface area contributed by atoms with E-state index in [9.17, 15) is 10.1 Å². The van der Waals surface area contributed by atoms with Crippen molar-refractivity contribution in [3.63, 3.8) is 0 Å². The third-order valence-corrected chi connectivity index (χ3v) is 4.91. The zero-order valence-electron chi connectivity index (χ0n) is 16.3. The molecular formula is C24H17N5O2. The van der Waals surface area contributed by atoms with Gasteiger partial charge < -0.3 is 10.6 Å². The molecule has 3 aromatic carbocycles. The third-order valence-electron chi connectivity index (χ3n) is 4.91. The molecule has 31 heavy (non-hydrogen) atoms. The van der Waals surface area contributed by atoms with Gasteiger partial charge in [-0.2, -0.15) is 0 Å². The first-order valence-electron chi connectivity index (χ1n) is 9.28. The lowest BCUT2D eigenvalue weighted by Gasteiger charge is -2.37. The maximum atomic E-state index is 11.2. The van der Waals surface area contributed by atoms with Gasteiger partial charge in [-0.1, -0.05) is 30.0 Å². The summed E-state index contributed by atoms with van der Waals surface area (Å²) >= 11 is 0. The number of terminal acetylenes is 2. The number of nitrogens with one attached hydrogen (secondary N) is 2.